The molecule has 0 aromatic heterocycles. The number of sulfonamides is 1. The van der Waals surface area contributed by atoms with Crippen LogP contribution >= 0.6 is 0 Å². The van der Waals surface area contributed by atoms with Crippen LogP contribution in [-0.2, 0) is 27.4 Å². The maximum absolute atomic E-state index is 13.8. The van der Waals surface area contributed by atoms with Gasteiger partial charge < -0.3 is 9.53 Å². The zero-order valence-electron chi connectivity index (χ0n) is 21.4. The Kier molecular flexibility index (Phi) is 7.29. The largest absolute Gasteiger partial charge is 0.486 e. The molecule has 2 aliphatic rings. The van der Waals surface area contributed by atoms with Crippen LogP contribution in [0, 0.1) is 0 Å². The minimum absolute atomic E-state index is 0.0635. The molecule has 0 radical (unpaired) electrons. The second kappa shape index (κ2) is 10.5. The number of carbonyl (C=O) groups excluding carboxylic acids is 1. The number of anilines is 1. The Hall–Kier alpha value is -3.59. The molecule has 1 aliphatic heterocycles. The molecule has 0 N–H and O–H groups in total. The molecule has 3 aromatic rings. The molecule has 0 saturated heterocycles. The van der Waals surface area contributed by atoms with Crippen molar-refractivity contribution < 1.29 is 31.1 Å². The van der Waals surface area contributed by atoms with E-state index in [-0.39, 0.29) is 30.9 Å². The van der Waals surface area contributed by atoms with E-state index in [2.05, 4.69) is 12.1 Å². The number of nitrogens with zero attached hydrogens (tertiary/aromatic N) is 1. The van der Waals surface area contributed by atoms with Gasteiger partial charge in [0.05, 0.1) is 22.7 Å². The lowest BCUT2D eigenvalue weighted by Gasteiger charge is -2.36. The lowest BCUT2D eigenvalue weighted by Crippen LogP contribution is -2.43. The highest BCUT2D eigenvalue weighted by Gasteiger charge is 2.37. The Bertz CT molecular complexity index is 1550. The average molecular weight is 556 g/mol. The van der Waals surface area contributed by atoms with Crippen LogP contribution in [0.2, 0.25) is 0 Å². The summed E-state index contributed by atoms with van der Waals surface area (Å²) in [4.78, 5) is 11.1. The molecular formula is C30H28F3NO4S. The van der Waals surface area contributed by atoms with E-state index in [0.29, 0.717) is 11.8 Å². The molecule has 1 unspecified atom stereocenters. The number of halogens is 3. The summed E-state index contributed by atoms with van der Waals surface area (Å²) in [6, 6.07) is 17.1. The zero-order chi connectivity index (χ0) is 27.8. The topological polar surface area (TPSA) is 63.7 Å². The van der Waals surface area contributed by atoms with Crippen LogP contribution in [0.1, 0.15) is 54.9 Å². The summed E-state index contributed by atoms with van der Waals surface area (Å²) in [5.41, 5.74) is 3.54. The Morgan fingerprint density at radius 2 is 1.85 bits per heavy atom. The molecule has 204 valence electrons. The van der Waals surface area contributed by atoms with Gasteiger partial charge in [-0.25, -0.2) is 8.42 Å². The van der Waals surface area contributed by atoms with Gasteiger partial charge in [-0.1, -0.05) is 42.5 Å². The summed E-state index contributed by atoms with van der Waals surface area (Å²) >= 11 is 0. The number of allylic oxidation sites excluding steroid dienone is 1. The van der Waals surface area contributed by atoms with Gasteiger partial charge >= 0.3 is 6.18 Å². The average Bonchev–Trinajstić information content (AvgIpc) is 2.91. The van der Waals surface area contributed by atoms with Crippen molar-refractivity contribution in [3.63, 3.8) is 0 Å². The Balaban J connectivity index is 1.57. The number of alkyl halides is 3. The van der Waals surface area contributed by atoms with Crippen LogP contribution < -0.4 is 9.04 Å². The fraction of sp³-hybridized carbons (Fsp3) is 0.300. The molecule has 0 fully saturated rings. The number of Topliss-reactive ketones (excluding diaryl/α,β-unsaturated/α-hetero) is 1. The van der Waals surface area contributed by atoms with E-state index in [1.54, 1.807) is 12.1 Å². The Morgan fingerprint density at radius 3 is 2.62 bits per heavy atom. The number of benzene rings is 3. The minimum atomic E-state index is -4.69. The SMILES string of the molecule is CC(=O)CCC1CN(S(=O)(=O)c2cccc(C(F)(F)F)c2)c2cc(C=C3CCCc4ccccc43)ccc2O1. The van der Waals surface area contributed by atoms with Crippen LogP contribution in [0.4, 0.5) is 18.9 Å². The summed E-state index contributed by atoms with van der Waals surface area (Å²) in [7, 11) is -4.38. The molecule has 0 saturated carbocycles. The fourth-order valence-electron chi connectivity index (χ4n) is 5.13. The van der Waals surface area contributed by atoms with Crippen molar-refractivity contribution in [3.8, 4) is 5.75 Å². The highest BCUT2D eigenvalue weighted by Crippen LogP contribution is 2.41. The number of rotatable bonds is 6. The standard InChI is InChI=1S/C30H28F3NO4S/c1-20(35)12-14-25-19-34(39(36,37)26-10-5-9-24(18-26)30(31,32)33)28-17-21(13-15-29(28)38-25)16-23-8-4-7-22-6-2-3-11-27(22)23/h2-3,5-6,9-11,13,15-18,25H,4,7-8,12,14,19H2,1H3. The minimum Gasteiger partial charge on any atom is -0.486 e. The lowest BCUT2D eigenvalue weighted by atomic mass is 9.86. The number of fused-ring (bicyclic) bond motifs is 2. The number of carbonyl (C=O) groups is 1. The molecule has 0 amide bonds. The van der Waals surface area contributed by atoms with E-state index in [9.17, 15) is 26.4 Å². The third-order valence-electron chi connectivity index (χ3n) is 7.08. The van der Waals surface area contributed by atoms with Crippen LogP contribution in [0.15, 0.2) is 71.6 Å². The maximum Gasteiger partial charge on any atom is 0.416 e. The number of ketones is 1. The van der Waals surface area contributed by atoms with Crippen molar-refractivity contribution in [2.75, 3.05) is 10.8 Å². The predicted octanol–water partition coefficient (Wildman–Crippen LogP) is 6.91. The van der Waals surface area contributed by atoms with E-state index in [1.165, 1.54) is 12.5 Å². The monoisotopic (exact) mass is 555 g/mol. The number of aryl methyl sites for hydroxylation is 1. The summed E-state index contributed by atoms with van der Waals surface area (Å²) in [6.07, 6.45) is 0.0674. The first-order valence-electron chi connectivity index (χ1n) is 12.8. The summed E-state index contributed by atoms with van der Waals surface area (Å²) in [6.45, 7) is 1.32. The van der Waals surface area contributed by atoms with Gasteiger partial charge in [-0.2, -0.15) is 13.2 Å². The second-order valence-electron chi connectivity index (χ2n) is 9.95. The van der Waals surface area contributed by atoms with Gasteiger partial charge in [0.2, 0.25) is 0 Å². The number of ether oxygens (including phenoxy) is 1. The van der Waals surface area contributed by atoms with Crippen molar-refractivity contribution in [2.45, 2.75) is 56.2 Å². The van der Waals surface area contributed by atoms with Crippen LogP contribution in [-0.4, -0.2) is 26.8 Å². The quantitative estimate of drug-likeness (QED) is 0.332. The van der Waals surface area contributed by atoms with Crippen molar-refractivity contribution in [3.05, 3.63) is 89.0 Å². The first-order valence-corrected chi connectivity index (χ1v) is 14.3. The van der Waals surface area contributed by atoms with Crippen molar-refractivity contribution in [1.82, 2.24) is 0 Å². The van der Waals surface area contributed by atoms with Crippen molar-refractivity contribution in [2.24, 2.45) is 0 Å². The molecule has 39 heavy (non-hydrogen) atoms. The highest BCUT2D eigenvalue weighted by molar-refractivity contribution is 7.92. The molecule has 3 aromatic carbocycles. The van der Waals surface area contributed by atoms with Gasteiger partial charge in [0.1, 0.15) is 17.6 Å². The number of hydrogen-bond acceptors (Lipinski definition) is 4. The van der Waals surface area contributed by atoms with Crippen LogP contribution in [0.3, 0.4) is 0 Å². The first-order chi connectivity index (χ1) is 18.5. The fourth-order valence-corrected chi connectivity index (χ4v) is 6.67. The molecule has 0 bridgehead atoms. The predicted molar refractivity (Wildman–Crippen MR) is 144 cm³/mol. The normalized spacial score (nSPS) is 18.3. The van der Waals surface area contributed by atoms with Gasteiger partial charge in [0, 0.05) is 6.42 Å². The molecule has 1 heterocycles. The second-order valence-corrected chi connectivity index (χ2v) is 11.8. The Labute approximate surface area is 226 Å². The van der Waals surface area contributed by atoms with E-state index in [1.807, 2.05) is 24.3 Å². The molecule has 0 spiro atoms. The maximum atomic E-state index is 13.8. The summed E-state index contributed by atoms with van der Waals surface area (Å²) < 4.78 is 74.9. The van der Waals surface area contributed by atoms with Gasteiger partial charge in [0.15, 0.2) is 0 Å². The van der Waals surface area contributed by atoms with Crippen LogP contribution in [0.25, 0.3) is 11.6 Å². The smallest absolute Gasteiger partial charge is 0.416 e. The molecule has 1 atom stereocenters. The summed E-state index contributed by atoms with van der Waals surface area (Å²) in [5, 5.41) is 0. The molecule has 5 nitrogen and oxygen atoms in total. The Morgan fingerprint density at radius 1 is 1.05 bits per heavy atom. The summed E-state index contributed by atoms with van der Waals surface area (Å²) in [5.74, 6) is 0.239. The first kappa shape index (κ1) is 27.0. The van der Waals surface area contributed by atoms with Crippen molar-refractivity contribution in [1.29, 1.82) is 0 Å². The lowest BCUT2D eigenvalue weighted by molar-refractivity contribution is -0.137. The van der Waals surface area contributed by atoms with Gasteiger partial charge in [-0.3, -0.25) is 4.31 Å². The van der Waals surface area contributed by atoms with E-state index < -0.39 is 32.8 Å². The highest BCUT2D eigenvalue weighted by atomic mass is 32.2. The third kappa shape index (κ3) is 5.73. The van der Waals surface area contributed by atoms with E-state index in [0.717, 1.165) is 58.5 Å². The molecule has 9 heteroatoms. The van der Waals surface area contributed by atoms with Gasteiger partial charge in [-0.05, 0) is 85.2 Å². The van der Waals surface area contributed by atoms with Crippen LogP contribution in [0.5, 0.6) is 5.75 Å². The van der Waals surface area contributed by atoms with E-state index in [4.69, 9.17) is 4.74 Å². The molecule has 1 aliphatic carbocycles. The van der Waals surface area contributed by atoms with E-state index >= 15 is 0 Å². The third-order valence-corrected chi connectivity index (χ3v) is 8.85. The molecule has 5 rings (SSSR count). The zero-order valence-corrected chi connectivity index (χ0v) is 22.2. The number of hydrogen-bond donors (Lipinski definition) is 0. The molecular weight excluding hydrogens is 527 g/mol. The van der Waals surface area contributed by atoms with Gasteiger partial charge in [0.25, 0.3) is 10.0 Å². The van der Waals surface area contributed by atoms with Crippen molar-refractivity contribution >= 4 is 33.1 Å². The van der Waals surface area contributed by atoms with Gasteiger partial charge in [-0.15, -0.1) is 0 Å².